The molecule has 0 amide bonds. The lowest BCUT2D eigenvalue weighted by Gasteiger charge is -2.01. The molecule has 0 fully saturated rings. The van der Waals surface area contributed by atoms with Crippen molar-refractivity contribution >= 4 is 16.8 Å². The molecule has 0 saturated carbocycles. The van der Waals surface area contributed by atoms with Gasteiger partial charge in [0.25, 0.3) is 0 Å². The van der Waals surface area contributed by atoms with Gasteiger partial charge in [-0.2, -0.15) is 13.2 Å². The largest absolute Gasteiger partial charge is 0.478 e. The van der Waals surface area contributed by atoms with Crippen LogP contribution in [0.3, 0.4) is 0 Å². The summed E-state index contributed by atoms with van der Waals surface area (Å²) in [5.74, 6) is -2.20. The topological polar surface area (TPSA) is 67.5 Å². The van der Waals surface area contributed by atoms with Crippen LogP contribution in [-0.2, 0) is 10.8 Å². The number of halogens is 3. The van der Waals surface area contributed by atoms with Crippen LogP contribution in [0.2, 0.25) is 0 Å². The van der Waals surface area contributed by atoms with Gasteiger partial charge in [-0.05, 0) is 12.1 Å². The molecule has 1 heterocycles. The van der Waals surface area contributed by atoms with E-state index < -0.39 is 33.1 Å². The first kappa shape index (κ1) is 10.8. The van der Waals surface area contributed by atoms with Gasteiger partial charge in [-0.15, -0.1) is 0 Å². The molecule has 78 valence electrons. The van der Waals surface area contributed by atoms with E-state index in [0.717, 1.165) is 6.07 Å². The Morgan fingerprint density at radius 2 is 2.00 bits per heavy atom. The summed E-state index contributed by atoms with van der Waals surface area (Å²) in [6, 6.07) is 1.52. The molecule has 0 aliphatic carbocycles. The predicted octanol–water partition coefficient (Wildman–Crippen LogP) is 1.61. The smallest absolute Gasteiger partial charge is 0.475 e. The molecule has 0 spiro atoms. The summed E-state index contributed by atoms with van der Waals surface area (Å²) in [4.78, 5) is 10.2. The molecule has 8 heteroatoms. The minimum atomic E-state index is -4.95. The van der Waals surface area contributed by atoms with Gasteiger partial charge in [0, 0.05) is 0 Å². The molecule has 1 rings (SSSR count). The Morgan fingerprint density at radius 3 is 2.36 bits per heavy atom. The van der Waals surface area contributed by atoms with Gasteiger partial charge in [-0.25, -0.2) is 9.00 Å². The highest BCUT2D eigenvalue weighted by atomic mass is 32.2. The minimum Gasteiger partial charge on any atom is -0.475 e. The van der Waals surface area contributed by atoms with Crippen LogP contribution in [0.5, 0.6) is 0 Å². The summed E-state index contributed by atoms with van der Waals surface area (Å²) in [5.41, 5.74) is -4.95. The number of carboxylic acid groups (broad SMARTS) is 1. The van der Waals surface area contributed by atoms with Crippen LogP contribution >= 0.6 is 0 Å². The molecule has 0 aliphatic heterocycles. The van der Waals surface area contributed by atoms with Gasteiger partial charge in [-0.1, -0.05) is 0 Å². The van der Waals surface area contributed by atoms with Gasteiger partial charge in [0.15, 0.2) is 10.8 Å². The maximum atomic E-state index is 11.8. The van der Waals surface area contributed by atoms with E-state index in [9.17, 15) is 22.2 Å². The van der Waals surface area contributed by atoms with E-state index in [2.05, 4.69) is 4.42 Å². The van der Waals surface area contributed by atoms with E-state index in [-0.39, 0.29) is 0 Å². The van der Waals surface area contributed by atoms with Crippen LogP contribution in [-0.4, -0.2) is 20.8 Å². The van der Waals surface area contributed by atoms with E-state index in [1.165, 1.54) is 0 Å². The maximum absolute atomic E-state index is 11.8. The minimum absolute atomic E-state index is 0.683. The first-order valence-corrected chi connectivity index (χ1v) is 4.29. The van der Waals surface area contributed by atoms with Gasteiger partial charge in [-0.3, -0.25) is 0 Å². The number of rotatable bonds is 2. The normalized spacial score (nSPS) is 13.9. The van der Waals surface area contributed by atoms with Crippen molar-refractivity contribution in [3.8, 4) is 0 Å². The van der Waals surface area contributed by atoms with Crippen LogP contribution in [0, 0.1) is 0 Å². The highest BCUT2D eigenvalue weighted by molar-refractivity contribution is 7.85. The van der Waals surface area contributed by atoms with Crippen LogP contribution in [0.1, 0.15) is 10.6 Å². The van der Waals surface area contributed by atoms with Crippen LogP contribution < -0.4 is 0 Å². The number of hydrogen-bond acceptors (Lipinski definition) is 3. The second-order valence-corrected chi connectivity index (χ2v) is 3.54. The zero-order valence-electron chi connectivity index (χ0n) is 6.37. The average Bonchev–Trinajstić information content (AvgIpc) is 2.48. The second kappa shape index (κ2) is 3.45. The SMILES string of the molecule is O=C(O)c1ccc(S(=O)C(F)(F)F)o1. The molecule has 0 radical (unpaired) electrons. The molecular weight excluding hydrogens is 225 g/mol. The lowest BCUT2D eigenvalue weighted by molar-refractivity contribution is -0.0394. The molecule has 1 aromatic rings. The van der Waals surface area contributed by atoms with E-state index in [1.54, 1.807) is 0 Å². The molecule has 0 saturated heterocycles. The Morgan fingerprint density at radius 1 is 1.43 bits per heavy atom. The van der Waals surface area contributed by atoms with Gasteiger partial charge >= 0.3 is 11.5 Å². The Kier molecular flexibility index (Phi) is 2.65. The highest BCUT2D eigenvalue weighted by Gasteiger charge is 2.40. The first-order valence-electron chi connectivity index (χ1n) is 3.14. The van der Waals surface area contributed by atoms with Crippen LogP contribution in [0.15, 0.2) is 21.6 Å². The summed E-state index contributed by atoms with van der Waals surface area (Å²) in [7, 11) is -3.33. The summed E-state index contributed by atoms with van der Waals surface area (Å²) in [5, 5.41) is 7.39. The molecular formula is C6H3F3O4S. The quantitative estimate of drug-likeness (QED) is 0.834. The van der Waals surface area contributed by atoms with Crippen LogP contribution in [0.4, 0.5) is 13.2 Å². The van der Waals surface area contributed by atoms with Gasteiger partial charge in [0.05, 0.1) is 0 Å². The zero-order valence-corrected chi connectivity index (χ0v) is 7.19. The van der Waals surface area contributed by atoms with Crippen molar-refractivity contribution < 1.29 is 31.7 Å². The molecule has 0 aliphatic rings. The number of carbonyl (C=O) groups is 1. The van der Waals surface area contributed by atoms with Gasteiger partial charge < -0.3 is 9.52 Å². The summed E-state index contributed by atoms with van der Waals surface area (Å²) >= 11 is 0. The predicted molar refractivity (Wildman–Crippen MR) is 38.1 cm³/mol. The van der Waals surface area contributed by atoms with E-state index in [1.807, 2.05) is 0 Å². The van der Waals surface area contributed by atoms with Crippen molar-refractivity contribution in [1.82, 2.24) is 0 Å². The molecule has 0 bridgehead atoms. The second-order valence-electron chi connectivity index (χ2n) is 2.14. The lowest BCUT2D eigenvalue weighted by atomic mass is 10.5. The summed E-state index contributed by atoms with van der Waals surface area (Å²) in [6.07, 6.45) is 0. The first-order chi connectivity index (χ1) is 6.32. The molecule has 0 aromatic carbocycles. The molecule has 1 N–H and O–H groups in total. The molecule has 1 atom stereocenters. The molecule has 4 nitrogen and oxygen atoms in total. The third kappa shape index (κ3) is 2.13. The molecule has 1 unspecified atom stereocenters. The third-order valence-electron chi connectivity index (χ3n) is 1.19. The van der Waals surface area contributed by atoms with Crippen molar-refractivity contribution in [2.24, 2.45) is 0 Å². The van der Waals surface area contributed by atoms with E-state index >= 15 is 0 Å². The Balaban J connectivity index is 2.99. The fourth-order valence-electron chi connectivity index (χ4n) is 0.649. The fourth-order valence-corrected chi connectivity index (χ4v) is 1.23. The monoisotopic (exact) mass is 228 g/mol. The number of hydrogen-bond donors (Lipinski definition) is 1. The van der Waals surface area contributed by atoms with Gasteiger partial charge in [0.2, 0.25) is 10.9 Å². The maximum Gasteiger partial charge on any atom is 0.478 e. The number of furan rings is 1. The highest BCUT2D eigenvalue weighted by Crippen LogP contribution is 2.27. The van der Waals surface area contributed by atoms with Gasteiger partial charge in [0.1, 0.15) is 0 Å². The van der Waals surface area contributed by atoms with Crippen molar-refractivity contribution in [3.63, 3.8) is 0 Å². The van der Waals surface area contributed by atoms with Crippen molar-refractivity contribution in [2.45, 2.75) is 10.6 Å². The Bertz CT molecular complexity index is 381. The number of alkyl halides is 3. The standard InChI is InChI=1S/C6H3F3O4S/c7-6(8,9)14(12)4-2-1-3(13-4)5(10)11/h1-2H,(H,10,11). The Hall–Kier alpha value is -1.31. The van der Waals surface area contributed by atoms with Crippen molar-refractivity contribution in [3.05, 3.63) is 17.9 Å². The van der Waals surface area contributed by atoms with E-state index in [4.69, 9.17) is 5.11 Å². The zero-order chi connectivity index (χ0) is 10.9. The number of carboxylic acids is 1. The van der Waals surface area contributed by atoms with Crippen molar-refractivity contribution in [2.75, 3.05) is 0 Å². The number of aromatic carboxylic acids is 1. The Labute approximate surface area is 77.8 Å². The average molecular weight is 228 g/mol. The van der Waals surface area contributed by atoms with Crippen LogP contribution in [0.25, 0.3) is 0 Å². The van der Waals surface area contributed by atoms with E-state index in [0.29, 0.717) is 6.07 Å². The fraction of sp³-hybridized carbons (Fsp3) is 0.167. The summed E-state index contributed by atoms with van der Waals surface area (Å²) < 4.78 is 50.3. The lowest BCUT2D eigenvalue weighted by Crippen LogP contribution is -2.15. The molecule has 14 heavy (non-hydrogen) atoms. The van der Waals surface area contributed by atoms with Crippen molar-refractivity contribution in [1.29, 1.82) is 0 Å². The molecule has 1 aromatic heterocycles. The summed E-state index contributed by atoms with van der Waals surface area (Å²) in [6.45, 7) is 0. The third-order valence-corrected chi connectivity index (χ3v) is 2.19.